The quantitative estimate of drug-likeness (QED) is 0.855. The van der Waals surface area contributed by atoms with Gasteiger partial charge in [-0.25, -0.2) is 0 Å². The standard InChI is InChI=1S/C16H21NO/c1-17-11-15(18)13-10-16(8-4-5-9-16)14-7-3-2-6-12(13)14/h2-3,6-7,10,15,17-18H,4-5,8-9,11H2,1H3/t15-/m0/s1. The van der Waals surface area contributed by atoms with Crippen LogP contribution in [0.25, 0.3) is 5.57 Å². The summed E-state index contributed by atoms with van der Waals surface area (Å²) in [6.07, 6.45) is 7.04. The molecule has 0 aliphatic heterocycles. The van der Waals surface area contributed by atoms with E-state index in [2.05, 4.69) is 35.7 Å². The van der Waals surface area contributed by atoms with Crippen LogP contribution in [-0.2, 0) is 5.41 Å². The third-order valence-corrected chi connectivity index (χ3v) is 4.46. The summed E-state index contributed by atoms with van der Waals surface area (Å²) in [6, 6.07) is 8.61. The zero-order valence-corrected chi connectivity index (χ0v) is 10.9. The molecular formula is C16H21NO. The van der Waals surface area contributed by atoms with Gasteiger partial charge in [0.2, 0.25) is 0 Å². The molecule has 0 radical (unpaired) electrons. The van der Waals surface area contributed by atoms with Crippen LogP contribution >= 0.6 is 0 Å². The lowest BCUT2D eigenvalue weighted by atomic mass is 9.81. The van der Waals surface area contributed by atoms with Crippen molar-refractivity contribution in [2.45, 2.75) is 37.2 Å². The van der Waals surface area contributed by atoms with E-state index in [1.807, 2.05) is 7.05 Å². The highest BCUT2D eigenvalue weighted by Gasteiger charge is 2.41. The lowest BCUT2D eigenvalue weighted by molar-refractivity contribution is 0.231. The van der Waals surface area contributed by atoms with Gasteiger partial charge in [0.1, 0.15) is 0 Å². The maximum atomic E-state index is 10.3. The first-order valence-corrected chi connectivity index (χ1v) is 6.92. The third kappa shape index (κ3) is 1.72. The predicted molar refractivity (Wildman–Crippen MR) is 74.5 cm³/mol. The van der Waals surface area contributed by atoms with E-state index in [0.717, 1.165) is 5.57 Å². The normalized spacial score (nSPS) is 22.0. The van der Waals surface area contributed by atoms with E-state index in [0.29, 0.717) is 6.54 Å². The molecule has 1 spiro atoms. The zero-order chi connectivity index (χ0) is 12.6. The summed E-state index contributed by atoms with van der Waals surface area (Å²) < 4.78 is 0. The van der Waals surface area contributed by atoms with Crippen molar-refractivity contribution >= 4 is 5.57 Å². The fraction of sp³-hybridized carbons (Fsp3) is 0.500. The second kappa shape index (κ2) is 4.52. The van der Waals surface area contributed by atoms with Crippen molar-refractivity contribution in [3.05, 3.63) is 41.5 Å². The van der Waals surface area contributed by atoms with E-state index < -0.39 is 6.10 Å². The Morgan fingerprint density at radius 3 is 2.72 bits per heavy atom. The Morgan fingerprint density at radius 1 is 1.28 bits per heavy atom. The Hall–Kier alpha value is -1.12. The van der Waals surface area contributed by atoms with Gasteiger partial charge in [0.15, 0.2) is 0 Å². The van der Waals surface area contributed by atoms with Crippen LogP contribution in [-0.4, -0.2) is 24.8 Å². The molecule has 1 aromatic carbocycles. The number of rotatable bonds is 3. The fourth-order valence-electron chi connectivity index (χ4n) is 3.62. The topological polar surface area (TPSA) is 32.3 Å². The molecule has 1 aromatic rings. The van der Waals surface area contributed by atoms with Gasteiger partial charge in [-0.05, 0) is 36.6 Å². The van der Waals surface area contributed by atoms with Crippen LogP contribution in [0.5, 0.6) is 0 Å². The van der Waals surface area contributed by atoms with Gasteiger partial charge in [0, 0.05) is 12.0 Å². The molecule has 18 heavy (non-hydrogen) atoms. The minimum absolute atomic E-state index is 0.223. The molecule has 0 aromatic heterocycles. The van der Waals surface area contributed by atoms with Crippen LogP contribution < -0.4 is 5.32 Å². The molecule has 3 rings (SSSR count). The molecule has 0 saturated heterocycles. The summed E-state index contributed by atoms with van der Waals surface area (Å²) in [7, 11) is 1.88. The Kier molecular flexibility index (Phi) is 3.00. The molecule has 2 heteroatoms. The van der Waals surface area contributed by atoms with Crippen molar-refractivity contribution in [3.8, 4) is 0 Å². The second-order valence-electron chi connectivity index (χ2n) is 5.58. The molecule has 0 bridgehead atoms. The number of benzene rings is 1. The minimum Gasteiger partial charge on any atom is -0.387 e. The molecule has 2 aliphatic carbocycles. The summed E-state index contributed by atoms with van der Waals surface area (Å²) in [6.45, 7) is 0.621. The summed E-state index contributed by atoms with van der Waals surface area (Å²) in [5.74, 6) is 0. The molecule has 0 unspecified atom stereocenters. The molecule has 2 N–H and O–H groups in total. The number of aliphatic hydroxyl groups excluding tert-OH is 1. The summed E-state index contributed by atoms with van der Waals surface area (Å²) in [5, 5.41) is 13.4. The van der Waals surface area contributed by atoms with Gasteiger partial charge in [-0.3, -0.25) is 0 Å². The molecule has 96 valence electrons. The maximum absolute atomic E-state index is 10.3. The molecule has 2 aliphatic rings. The van der Waals surface area contributed by atoms with Crippen LogP contribution in [0, 0.1) is 0 Å². The third-order valence-electron chi connectivity index (χ3n) is 4.46. The van der Waals surface area contributed by atoms with Gasteiger partial charge in [0.05, 0.1) is 6.10 Å². The van der Waals surface area contributed by atoms with E-state index in [1.54, 1.807) is 0 Å². The van der Waals surface area contributed by atoms with Crippen molar-refractivity contribution in [2.75, 3.05) is 13.6 Å². The Bertz CT molecular complexity index is 472. The van der Waals surface area contributed by atoms with Crippen LogP contribution in [0.3, 0.4) is 0 Å². The SMILES string of the molecule is CNC[C@H](O)C1=CC2(CCCC2)c2ccccc21. The number of hydrogen-bond donors (Lipinski definition) is 2. The van der Waals surface area contributed by atoms with Gasteiger partial charge >= 0.3 is 0 Å². The molecule has 0 amide bonds. The molecule has 1 atom stereocenters. The van der Waals surface area contributed by atoms with Gasteiger partial charge in [-0.15, -0.1) is 0 Å². The lowest BCUT2D eigenvalue weighted by Gasteiger charge is -2.22. The molecule has 0 heterocycles. The smallest absolute Gasteiger partial charge is 0.0917 e. The van der Waals surface area contributed by atoms with E-state index in [1.165, 1.54) is 36.8 Å². The lowest BCUT2D eigenvalue weighted by Crippen LogP contribution is -2.24. The van der Waals surface area contributed by atoms with Gasteiger partial charge in [-0.2, -0.15) is 0 Å². The van der Waals surface area contributed by atoms with E-state index in [4.69, 9.17) is 0 Å². The molecule has 1 fully saturated rings. The predicted octanol–water partition coefficient (Wildman–Crippen LogP) is 2.48. The van der Waals surface area contributed by atoms with Gasteiger partial charge in [0.25, 0.3) is 0 Å². The van der Waals surface area contributed by atoms with E-state index in [-0.39, 0.29) is 5.41 Å². The first-order valence-electron chi connectivity index (χ1n) is 6.92. The second-order valence-corrected chi connectivity index (χ2v) is 5.58. The van der Waals surface area contributed by atoms with Crippen LogP contribution in [0.4, 0.5) is 0 Å². The largest absolute Gasteiger partial charge is 0.387 e. The number of allylic oxidation sites excluding steroid dienone is 1. The molecule has 1 saturated carbocycles. The Balaban J connectivity index is 2.05. The van der Waals surface area contributed by atoms with Gasteiger partial charge in [-0.1, -0.05) is 43.2 Å². The summed E-state index contributed by atoms with van der Waals surface area (Å²) in [4.78, 5) is 0. The number of nitrogens with one attached hydrogen (secondary N) is 1. The summed E-state index contributed by atoms with van der Waals surface area (Å²) >= 11 is 0. The first-order chi connectivity index (χ1) is 8.77. The van der Waals surface area contributed by atoms with Crippen LogP contribution in [0.1, 0.15) is 36.8 Å². The number of likely N-dealkylation sites (N-methyl/N-ethyl adjacent to an activating group) is 1. The van der Waals surface area contributed by atoms with Crippen molar-refractivity contribution in [2.24, 2.45) is 0 Å². The highest BCUT2D eigenvalue weighted by Crippen LogP contribution is 2.51. The van der Waals surface area contributed by atoms with E-state index >= 15 is 0 Å². The van der Waals surface area contributed by atoms with Crippen molar-refractivity contribution < 1.29 is 5.11 Å². The van der Waals surface area contributed by atoms with E-state index in [9.17, 15) is 5.11 Å². The van der Waals surface area contributed by atoms with Crippen LogP contribution in [0.2, 0.25) is 0 Å². The molecular weight excluding hydrogens is 222 g/mol. The number of aliphatic hydroxyl groups is 1. The highest BCUT2D eigenvalue weighted by molar-refractivity contribution is 5.79. The average Bonchev–Trinajstić information content (AvgIpc) is 2.98. The van der Waals surface area contributed by atoms with Crippen molar-refractivity contribution in [1.29, 1.82) is 0 Å². The monoisotopic (exact) mass is 243 g/mol. The Labute approximate surface area is 109 Å². The minimum atomic E-state index is -0.392. The number of fused-ring (bicyclic) bond motifs is 2. The van der Waals surface area contributed by atoms with Crippen LogP contribution in [0.15, 0.2) is 30.3 Å². The van der Waals surface area contributed by atoms with Crippen molar-refractivity contribution in [1.82, 2.24) is 5.32 Å². The maximum Gasteiger partial charge on any atom is 0.0917 e. The zero-order valence-electron chi connectivity index (χ0n) is 10.9. The van der Waals surface area contributed by atoms with Gasteiger partial charge < -0.3 is 10.4 Å². The summed E-state index contributed by atoms with van der Waals surface area (Å²) in [5.41, 5.74) is 4.05. The molecule has 2 nitrogen and oxygen atoms in total. The van der Waals surface area contributed by atoms with Crippen molar-refractivity contribution in [3.63, 3.8) is 0 Å². The Morgan fingerprint density at radius 2 is 2.00 bits per heavy atom. The first kappa shape index (κ1) is 11.9. The number of hydrogen-bond acceptors (Lipinski definition) is 2. The fourth-order valence-corrected chi connectivity index (χ4v) is 3.62. The average molecular weight is 243 g/mol. The highest BCUT2D eigenvalue weighted by atomic mass is 16.3.